The van der Waals surface area contributed by atoms with Gasteiger partial charge in [0, 0.05) is 25.5 Å². The summed E-state index contributed by atoms with van der Waals surface area (Å²) in [5.74, 6) is 0.501. The van der Waals surface area contributed by atoms with E-state index in [1.807, 2.05) is 76.2 Å². The van der Waals surface area contributed by atoms with E-state index in [1.165, 1.54) is 4.90 Å². The zero-order valence-electron chi connectivity index (χ0n) is 19.9. The van der Waals surface area contributed by atoms with E-state index in [9.17, 15) is 9.59 Å². The molecule has 2 aromatic carbocycles. The molecule has 0 radical (unpaired) electrons. The third-order valence-corrected chi connectivity index (χ3v) is 5.51. The van der Waals surface area contributed by atoms with E-state index in [0.717, 1.165) is 28.2 Å². The molecule has 0 bridgehead atoms. The molecule has 0 unspecified atom stereocenters. The van der Waals surface area contributed by atoms with Crippen LogP contribution in [-0.2, 0) is 9.59 Å². The predicted octanol–water partition coefficient (Wildman–Crippen LogP) is 4.58. The van der Waals surface area contributed by atoms with Crippen LogP contribution in [0, 0.1) is 12.3 Å². The molecule has 1 aliphatic heterocycles. The first-order valence-corrected chi connectivity index (χ1v) is 10.9. The van der Waals surface area contributed by atoms with Gasteiger partial charge < -0.3 is 9.64 Å². The van der Waals surface area contributed by atoms with Crippen molar-refractivity contribution in [3.05, 3.63) is 65.2 Å². The Hall–Kier alpha value is -3.15. The highest BCUT2D eigenvalue weighted by Crippen LogP contribution is 2.33. The maximum atomic E-state index is 13.3. The Bertz CT molecular complexity index is 1010. The third kappa shape index (κ3) is 5.75. The van der Waals surface area contributed by atoms with Gasteiger partial charge >= 0.3 is 0 Å². The topological polar surface area (TPSA) is 62.2 Å². The van der Waals surface area contributed by atoms with E-state index in [2.05, 4.69) is 0 Å². The third-order valence-electron chi connectivity index (χ3n) is 5.51. The minimum absolute atomic E-state index is 0.00777. The molecule has 1 atom stereocenters. The van der Waals surface area contributed by atoms with Crippen molar-refractivity contribution in [3.63, 3.8) is 0 Å². The second-order valence-corrected chi connectivity index (χ2v) is 9.63. The average molecular weight is 436 g/mol. The number of nitrogens with zero attached hydrogens (tertiary/aromatic N) is 3. The van der Waals surface area contributed by atoms with Crippen molar-refractivity contribution >= 4 is 17.5 Å². The minimum Gasteiger partial charge on any atom is -0.497 e. The van der Waals surface area contributed by atoms with Crippen molar-refractivity contribution < 1.29 is 14.3 Å². The van der Waals surface area contributed by atoms with Crippen LogP contribution < -0.4 is 4.74 Å². The highest BCUT2D eigenvalue weighted by Gasteiger charge is 2.34. The molecule has 1 aliphatic rings. The normalized spacial score (nSPS) is 16.0. The lowest BCUT2D eigenvalue weighted by Crippen LogP contribution is -2.40. The Morgan fingerprint density at radius 3 is 2.47 bits per heavy atom. The van der Waals surface area contributed by atoms with Crippen LogP contribution in [-0.4, -0.2) is 48.1 Å². The van der Waals surface area contributed by atoms with E-state index < -0.39 is 0 Å². The van der Waals surface area contributed by atoms with Crippen molar-refractivity contribution in [3.8, 4) is 5.75 Å². The smallest absolute Gasteiger partial charge is 0.262 e. The number of aryl methyl sites for hydroxylation is 1. The summed E-state index contributed by atoms with van der Waals surface area (Å²) >= 11 is 0. The molecule has 2 amide bonds. The number of carbonyl (C=O) groups is 2. The van der Waals surface area contributed by atoms with Crippen LogP contribution in [0.2, 0.25) is 0 Å². The lowest BCUT2D eigenvalue weighted by Gasteiger charge is -2.26. The first-order valence-electron chi connectivity index (χ1n) is 10.9. The van der Waals surface area contributed by atoms with Gasteiger partial charge in [-0.15, -0.1) is 0 Å². The van der Waals surface area contributed by atoms with Gasteiger partial charge in [-0.1, -0.05) is 62.7 Å². The Labute approximate surface area is 190 Å². The number of hydrazone groups is 1. The van der Waals surface area contributed by atoms with E-state index in [0.29, 0.717) is 12.8 Å². The van der Waals surface area contributed by atoms with Crippen molar-refractivity contribution in [2.24, 2.45) is 10.5 Å². The molecule has 3 rings (SSSR count). The standard InChI is InChI=1S/C26H33N3O3/c1-18-10-12-19(13-11-18)23-15-22(20-8-7-9-21(14-20)32-6)27-29(23)25(31)17-28(5)24(30)16-26(2,3)4/h7-14,23H,15-17H2,1-6H3/t23-/m1/s1. The molecule has 1 heterocycles. The fourth-order valence-electron chi connectivity index (χ4n) is 3.72. The summed E-state index contributed by atoms with van der Waals surface area (Å²) in [6, 6.07) is 15.7. The monoisotopic (exact) mass is 435 g/mol. The molecule has 0 aromatic heterocycles. The molecule has 0 saturated heterocycles. The summed E-state index contributed by atoms with van der Waals surface area (Å²) in [4.78, 5) is 27.3. The van der Waals surface area contributed by atoms with Crippen LogP contribution in [0.1, 0.15) is 56.3 Å². The van der Waals surface area contributed by atoms with Gasteiger partial charge in [0.2, 0.25) is 5.91 Å². The quantitative estimate of drug-likeness (QED) is 0.667. The maximum Gasteiger partial charge on any atom is 0.262 e. The van der Waals surface area contributed by atoms with Gasteiger partial charge in [0.25, 0.3) is 5.91 Å². The Balaban J connectivity index is 1.86. The largest absolute Gasteiger partial charge is 0.497 e. The fourth-order valence-corrected chi connectivity index (χ4v) is 3.72. The number of methoxy groups -OCH3 is 1. The molecule has 32 heavy (non-hydrogen) atoms. The number of amides is 2. The molecule has 0 N–H and O–H groups in total. The molecular weight excluding hydrogens is 402 g/mol. The first kappa shape index (κ1) is 23.5. The molecular formula is C26H33N3O3. The summed E-state index contributed by atoms with van der Waals surface area (Å²) in [6.45, 7) is 8.07. The van der Waals surface area contributed by atoms with Gasteiger partial charge in [0.05, 0.1) is 18.9 Å². The molecule has 6 nitrogen and oxygen atoms in total. The lowest BCUT2D eigenvalue weighted by atomic mass is 9.92. The van der Waals surface area contributed by atoms with Crippen molar-refractivity contribution in [2.75, 3.05) is 20.7 Å². The minimum atomic E-state index is -0.213. The summed E-state index contributed by atoms with van der Waals surface area (Å²) in [5, 5.41) is 6.25. The van der Waals surface area contributed by atoms with E-state index >= 15 is 0 Å². The molecule has 0 spiro atoms. The van der Waals surface area contributed by atoms with Gasteiger partial charge in [-0.2, -0.15) is 5.10 Å². The molecule has 2 aromatic rings. The molecule has 0 fully saturated rings. The van der Waals surface area contributed by atoms with E-state index in [-0.39, 0.29) is 29.8 Å². The summed E-state index contributed by atoms with van der Waals surface area (Å²) in [7, 11) is 3.31. The number of benzene rings is 2. The zero-order chi connectivity index (χ0) is 23.5. The number of ether oxygens (including phenoxy) is 1. The van der Waals surface area contributed by atoms with Crippen LogP contribution in [0.3, 0.4) is 0 Å². The second kappa shape index (κ2) is 9.55. The Kier molecular flexibility index (Phi) is 7.02. The summed E-state index contributed by atoms with van der Waals surface area (Å²) in [6.07, 6.45) is 0.984. The van der Waals surface area contributed by atoms with Crippen molar-refractivity contribution in [1.82, 2.24) is 9.91 Å². The highest BCUT2D eigenvalue weighted by molar-refractivity contribution is 6.03. The molecule has 6 heteroatoms. The summed E-state index contributed by atoms with van der Waals surface area (Å²) in [5.41, 5.74) is 3.80. The summed E-state index contributed by atoms with van der Waals surface area (Å²) < 4.78 is 5.35. The van der Waals surface area contributed by atoms with Crippen LogP contribution in [0.5, 0.6) is 5.75 Å². The van der Waals surface area contributed by atoms with Crippen LogP contribution in [0.25, 0.3) is 0 Å². The number of carbonyl (C=O) groups excluding carboxylic acids is 2. The van der Waals surface area contributed by atoms with Gasteiger partial charge in [0.1, 0.15) is 12.3 Å². The van der Waals surface area contributed by atoms with Crippen molar-refractivity contribution in [1.29, 1.82) is 0 Å². The van der Waals surface area contributed by atoms with Crippen LogP contribution in [0.15, 0.2) is 53.6 Å². The maximum absolute atomic E-state index is 13.3. The molecule has 170 valence electrons. The van der Waals surface area contributed by atoms with Crippen LogP contribution >= 0.6 is 0 Å². The van der Waals surface area contributed by atoms with Gasteiger partial charge in [-0.3, -0.25) is 9.59 Å². The Morgan fingerprint density at radius 2 is 1.84 bits per heavy atom. The first-order chi connectivity index (χ1) is 15.1. The van der Waals surface area contributed by atoms with Gasteiger partial charge in [-0.05, 0) is 30.0 Å². The molecule has 0 aliphatic carbocycles. The number of likely N-dealkylation sites (N-methyl/N-ethyl adjacent to an activating group) is 1. The predicted molar refractivity (Wildman–Crippen MR) is 127 cm³/mol. The van der Waals surface area contributed by atoms with Gasteiger partial charge in [-0.25, -0.2) is 5.01 Å². The van der Waals surface area contributed by atoms with Gasteiger partial charge in [0.15, 0.2) is 0 Å². The van der Waals surface area contributed by atoms with Crippen LogP contribution in [0.4, 0.5) is 0 Å². The van der Waals surface area contributed by atoms with Crippen molar-refractivity contribution in [2.45, 2.75) is 46.6 Å². The number of hydrogen-bond acceptors (Lipinski definition) is 4. The average Bonchev–Trinajstić information content (AvgIpc) is 3.18. The van der Waals surface area contributed by atoms with E-state index in [1.54, 1.807) is 19.2 Å². The molecule has 0 saturated carbocycles. The van der Waals surface area contributed by atoms with E-state index in [4.69, 9.17) is 9.84 Å². The fraction of sp³-hybridized carbons (Fsp3) is 0.423. The number of rotatable bonds is 6. The number of hydrogen-bond donors (Lipinski definition) is 0. The Morgan fingerprint density at radius 1 is 1.16 bits per heavy atom. The lowest BCUT2D eigenvalue weighted by molar-refractivity contribution is -0.141. The SMILES string of the molecule is COc1cccc(C2=NN(C(=O)CN(C)C(=O)CC(C)(C)C)[C@@H](c3ccc(C)cc3)C2)c1. The zero-order valence-corrected chi connectivity index (χ0v) is 19.9. The highest BCUT2D eigenvalue weighted by atomic mass is 16.5. The second-order valence-electron chi connectivity index (χ2n) is 9.63.